The molecule has 7 heteroatoms. The fraction of sp³-hybridized carbons (Fsp3) is 0.0833. The SMILES string of the molecule is Cc1cccc(NC(=O)c2cnc(NN)cn2)c1Br. The van der Waals surface area contributed by atoms with E-state index >= 15 is 0 Å². The molecule has 0 unspecified atom stereocenters. The molecule has 0 bridgehead atoms. The molecule has 4 N–H and O–H groups in total. The summed E-state index contributed by atoms with van der Waals surface area (Å²) >= 11 is 3.43. The Morgan fingerprint density at radius 2 is 2.11 bits per heavy atom. The van der Waals surface area contributed by atoms with Crippen LogP contribution in [0.2, 0.25) is 0 Å². The van der Waals surface area contributed by atoms with Crippen LogP contribution in [-0.4, -0.2) is 15.9 Å². The summed E-state index contributed by atoms with van der Waals surface area (Å²) in [5.41, 5.74) is 4.28. The van der Waals surface area contributed by atoms with Crippen LogP contribution in [0.1, 0.15) is 16.1 Å². The van der Waals surface area contributed by atoms with Gasteiger partial charge in [-0.05, 0) is 34.5 Å². The number of halogens is 1. The second-order valence-corrected chi connectivity index (χ2v) is 4.61. The summed E-state index contributed by atoms with van der Waals surface area (Å²) in [5, 5.41) is 2.76. The lowest BCUT2D eigenvalue weighted by Crippen LogP contribution is -2.16. The molecule has 1 heterocycles. The van der Waals surface area contributed by atoms with Gasteiger partial charge in [0, 0.05) is 4.47 Å². The van der Waals surface area contributed by atoms with Crippen LogP contribution in [0.25, 0.3) is 0 Å². The van der Waals surface area contributed by atoms with Crippen molar-refractivity contribution in [2.24, 2.45) is 5.84 Å². The summed E-state index contributed by atoms with van der Waals surface area (Å²) in [6.45, 7) is 1.95. The van der Waals surface area contributed by atoms with Gasteiger partial charge in [-0.3, -0.25) is 4.79 Å². The number of anilines is 2. The minimum Gasteiger partial charge on any atom is -0.320 e. The number of rotatable bonds is 3. The van der Waals surface area contributed by atoms with Crippen molar-refractivity contribution in [2.75, 3.05) is 10.7 Å². The number of carbonyl (C=O) groups is 1. The first-order valence-corrected chi connectivity index (χ1v) is 6.26. The van der Waals surface area contributed by atoms with Crippen molar-refractivity contribution >= 4 is 33.3 Å². The molecule has 1 amide bonds. The van der Waals surface area contributed by atoms with E-state index in [0.29, 0.717) is 11.5 Å². The standard InChI is InChI=1S/C12H12BrN5O/c1-7-3-2-4-8(11(7)13)17-12(19)9-5-16-10(18-14)6-15-9/h2-6H,14H2,1H3,(H,16,18)(H,17,19). The van der Waals surface area contributed by atoms with E-state index in [1.807, 2.05) is 19.1 Å². The normalized spacial score (nSPS) is 10.1. The molecule has 6 nitrogen and oxygen atoms in total. The molecule has 98 valence electrons. The van der Waals surface area contributed by atoms with Crippen LogP contribution >= 0.6 is 15.9 Å². The Bertz CT molecular complexity index is 600. The number of hydrogen-bond donors (Lipinski definition) is 3. The number of hydrogen-bond acceptors (Lipinski definition) is 5. The molecule has 0 aliphatic rings. The number of benzene rings is 1. The van der Waals surface area contributed by atoms with Gasteiger partial charge in [0.25, 0.3) is 5.91 Å². The number of aryl methyl sites for hydroxylation is 1. The maximum atomic E-state index is 12.0. The number of amides is 1. The minimum absolute atomic E-state index is 0.215. The van der Waals surface area contributed by atoms with Crippen LogP contribution in [0, 0.1) is 6.92 Å². The highest BCUT2D eigenvalue weighted by atomic mass is 79.9. The zero-order valence-electron chi connectivity index (χ0n) is 10.1. The second kappa shape index (κ2) is 5.77. The van der Waals surface area contributed by atoms with E-state index in [4.69, 9.17) is 5.84 Å². The van der Waals surface area contributed by atoms with E-state index in [1.165, 1.54) is 12.4 Å². The van der Waals surface area contributed by atoms with E-state index in [9.17, 15) is 4.79 Å². The first kappa shape index (κ1) is 13.4. The maximum absolute atomic E-state index is 12.0. The topological polar surface area (TPSA) is 92.9 Å². The van der Waals surface area contributed by atoms with E-state index in [-0.39, 0.29) is 11.6 Å². The number of nitrogens with one attached hydrogen (secondary N) is 2. The average molecular weight is 322 g/mol. The van der Waals surface area contributed by atoms with Gasteiger partial charge >= 0.3 is 0 Å². The molecule has 0 atom stereocenters. The van der Waals surface area contributed by atoms with E-state index in [2.05, 4.69) is 36.6 Å². The molecule has 2 aromatic rings. The smallest absolute Gasteiger partial charge is 0.275 e. The minimum atomic E-state index is -0.331. The number of aromatic nitrogens is 2. The molecule has 0 aliphatic carbocycles. The Labute approximate surface area is 118 Å². The summed E-state index contributed by atoms with van der Waals surface area (Å²) in [6, 6.07) is 5.61. The highest BCUT2D eigenvalue weighted by Gasteiger charge is 2.10. The summed E-state index contributed by atoms with van der Waals surface area (Å²) in [7, 11) is 0. The quantitative estimate of drug-likeness (QED) is 0.594. The highest BCUT2D eigenvalue weighted by molar-refractivity contribution is 9.10. The number of carbonyl (C=O) groups excluding carboxylic acids is 1. The van der Waals surface area contributed by atoms with Gasteiger partial charge in [-0.15, -0.1) is 0 Å². The van der Waals surface area contributed by atoms with Crippen LogP contribution in [0.3, 0.4) is 0 Å². The van der Waals surface area contributed by atoms with Crippen LogP contribution < -0.4 is 16.6 Å². The Balaban J connectivity index is 2.18. The van der Waals surface area contributed by atoms with E-state index in [0.717, 1.165) is 10.0 Å². The Morgan fingerprint density at radius 1 is 1.32 bits per heavy atom. The summed E-state index contributed by atoms with van der Waals surface area (Å²) in [4.78, 5) is 19.9. The molecular weight excluding hydrogens is 310 g/mol. The Kier molecular flexibility index (Phi) is 4.08. The van der Waals surface area contributed by atoms with Crippen molar-refractivity contribution in [3.63, 3.8) is 0 Å². The fourth-order valence-electron chi connectivity index (χ4n) is 1.45. The zero-order chi connectivity index (χ0) is 13.8. The predicted octanol–water partition coefficient (Wildman–Crippen LogP) is 2.09. The Hall–Kier alpha value is -1.99. The third kappa shape index (κ3) is 3.07. The summed E-state index contributed by atoms with van der Waals surface area (Å²) in [5.74, 6) is 5.24. The monoisotopic (exact) mass is 321 g/mol. The van der Waals surface area contributed by atoms with E-state index in [1.54, 1.807) is 6.07 Å². The number of nitrogen functional groups attached to an aromatic ring is 1. The van der Waals surface area contributed by atoms with Crippen molar-refractivity contribution < 1.29 is 4.79 Å². The molecule has 0 saturated carbocycles. The van der Waals surface area contributed by atoms with Crippen molar-refractivity contribution in [1.82, 2.24) is 9.97 Å². The lowest BCUT2D eigenvalue weighted by molar-refractivity contribution is 0.102. The lowest BCUT2D eigenvalue weighted by atomic mass is 10.2. The summed E-state index contributed by atoms with van der Waals surface area (Å²) < 4.78 is 0.844. The van der Waals surface area contributed by atoms with Gasteiger partial charge in [-0.2, -0.15) is 0 Å². The van der Waals surface area contributed by atoms with Crippen LogP contribution in [0.15, 0.2) is 35.1 Å². The highest BCUT2D eigenvalue weighted by Crippen LogP contribution is 2.25. The third-order valence-corrected chi connectivity index (χ3v) is 3.52. The molecule has 0 fully saturated rings. The van der Waals surface area contributed by atoms with Gasteiger partial charge in [0.2, 0.25) is 0 Å². The molecule has 0 aliphatic heterocycles. The molecule has 1 aromatic carbocycles. The molecule has 0 radical (unpaired) electrons. The van der Waals surface area contributed by atoms with Gasteiger partial charge in [0.1, 0.15) is 5.69 Å². The lowest BCUT2D eigenvalue weighted by Gasteiger charge is -2.08. The van der Waals surface area contributed by atoms with Crippen molar-refractivity contribution in [3.8, 4) is 0 Å². The Morgan fingerprint density at radius 3 is 2.74 bits per heavy atom. The van der Waals surface area contributed by atoms with Gasteiger partial charge in [-0.25, -0.2) is 15.8 Å². The van der Waals surface area contributed by atoms with Gasteiger partial charge in [0.05, 0.1) is 18.1 Å². The van der Waals surface area contributed by atoms with Crippen LogP contribution in [-0.2, 0) is 0 Å². The van der Waals surface area contributed by atoms with Gasteiger partial charge in [0.15, 0.2) is 5.82 Å². The molecule has 19 heavy (non-hydrogen) atoms. The molecular formula is C12H12BrN5O. The fourth-order valence-corrected chi connectivity index (χ4v) is 1.81. The molecule has 0 spiro atoms. The van der Waals surface area contributed by atoms with Crippen molar-refractivity contribution in [1.29, 1.82) is 0 Å². The predicted molar refractivity (Wildman–Crippen MR) is 76.7 cm³/mol. The van der Waals surface area contributed by atoms with Gasteiger partial charge in [-0.1, -0.05) is 12.1 Å². The van der Waals surface area contributed by atoms with Crippen molar-refractivity contribution in [3.05, 3.63) is 46.3 Å². The average Bonchev–Trinajstić information content (AvgIpc) is 2.44. The number of nitrogens with two attached hydrogens (primary N) is 1. The second-order valence-electron chi connectivity index (χ2n) is 3.82. The molecule has 1 aromatic heterocycles. The first-order chi connectivity index (χ1) is 9.11. The summed E-state index contributed by atoms with van der Waals surface area (Å²) in [6.07, 6.45) is 2.74. The maximum Gasteiger partial charge on any atom is 0.275 e. The van der Waals surface area contributed by atoms with Crippen LogP contribution in [0.4, 0.5) is 11.5 Å². The first-order valence-electron chi connectivity index (χ1n) is 5.47. The number of hydrazine groups is 1. The van der Waals surface area contributed by atoms with Crippen LogP contribution in [0.5, 0.6) is 0 Å². The van der Waals surface area contributed by atoms with Crippen molar-refractivity contribution in [2.45, 2.75) is 6.92 Å². The molecule has 0 saturated heterocycles. The van der Waals surface area contributed by atoms with Gasteiger partial charge < -0.3 is 10.7 Å². The third-order valence-electron chi connectivity index (χ3n) is 2.47. The largest absolute Gasteiger partial charge is 0.320 e. The van der Waals surface area contributed by atoms with E-state index < -0.39 is 0 Å². The number of nitrogens with zero attached hydrogens (tertiary/aromatic N) is 2. The molecule has 2 rings (SSSR count). The zero-order valence-corrected chi connectivity index (χ0v) is 11.7.